The van der Waals surface area contributed by atoms with Gasteiger partial charge in [-0.3, -0.25) is 19.5 Å². The number of hydrogen-bond acceptors (Lipinski definition) is 6. The number of rotatable bonds is 7. The highest BCUT2D eigenvalue weighted by Crippen LogP contribution is 2.29. The molecular formula is C26H29ClF4N4O5. The van der Waals surface area contributed by atoms with Crippen molar-refractivity contribution in [3.8, 4) is 5.75 Å². The van der Waals surface area contributed by atoms with Crippen LogP contribution in [-0.4, -0.2) is 58.6 Å². The standard InChI is InChI=1S/C26H29ClF4N4O5/c1-25(2,3)40-24(38)35-13-16(34-22(36)14-39-18-5-6-19(27)20(28)11-18)4-7-21(35)23(37)33-12-17-10-15(8-9-32-17)26(29,30)31/h5-6,8-11,16,21H,4,7,12-14H2,1-3H3,(H,33,37)(H,34,36)/t16?,21-/m0/s1. The quantitative estimate of drug-likeness (QED) is 0.462. The number of halogens is 5. The number of hydrogen-bond donors (Lipinski definition) is 2. The number of benzene rings is 1. The lowest BCUT2D eigenvalue weighted by Gasteiger charge is -2.39. The van der Waals surface area contributed by atoms with Gasteiger partial charge in [-0.25, -0.2) is 9.18 Å². The van der Waals surface area contributed by atoms with E-state index in [4.69, 9.17) is 21.1 Å². The minimum Gasteiger partial charge on any atom is -0.484 e. The molecule has 2 aromatic rings. The molecule has 218 valence electrons. The summed E-state index contributed by atoms with van der Waals surface area (Å²) in [6, 6.07) is 3.84. The second kappa shape index (κ2) is 12.7. The fourth-order valence-corrected chi connectivity index (χ4v) is 4.03. The van der Waals surface area contributed by atoms with Crippen molar-refractivity contribution in [3.63, 3.8) is 0 Å². The molecule has 3 amide bonds. The Hall–Kier alpha value is -3.61. The van der Waals surface area contributed by atoms with Gasteiger partial charge in [-0.2, -0.15) is 13.2 Å². The van der Waals surface area contributed by atoms with Crippen LogP contribution in [-0.2, 0) is 27.0 Å². The summed E-state index contributed by atoms with van der Waals surface area (Å²) in [6.45, 7) is 4.16. The number of likely N-dealkylation sites (tertiary alicyclic amines) is 1. The van der Waals surface area contributed by atoms with E-state index in [9.17, 15) is 31.9 Å². The van der Waals surface area contributed by atoms with Crippen molar-refractivity contribution in [1.82, 2.24) is 20.5 Å². The van der Waals surface area contributed by atoms with Crippen LogP contribution in [0.4, 0.5) is 22.4 Å². The summed E-state index contributed by atoms with van der Waals surface area (Å²) < 4.78 is 63.3. The molecule has 2 atom stereocenters. The molecule has 0 saturated carbocycles. The topological polar surface area (TPSA) is 110 Å². The molecule has 1 unspecified atom stereocenters. The second-order valence-electron chi connectivity index (χ2n) is 10.1. The summed E-state index contributed by atoms with van der Waals surface area (Å²) in [7, 11) is 0. The Morgan fingerprint density at radius 1 is 1.12 bits per heavy atom. The van der Waals surface area contributed by atoms with Gasteiger partial charge in [0.1, 0.15) is 23.2 Å². The van der Waals surface area contributed by atoms with Gasteiger partial charge in [0, 0.05) is 24.8 Å². The van der Waals surface area contributed by atoms with E-state index >= 15 is 0 Å². The number of carbonyl (C=O) groups is 3. The Kier molecular flexibility index (Phi) is 9.82. The normalized spacial score (nSPS) is 17.6. The van der Waals surface area contributed by atoms with Crippen molar-refractivity contribution in [2.75, 3.05) is 13.2 Å². The number of piperidine rings is 1. The zero-order valence-electron chi connectivity index (χ0n) is 22.0. The van der Waals surface area contributed by atoms with Crippen molar-refractivity contribution >= 4 is 29.5 Å². The Bertz CT molecular complexity index is 1240. The maximum Gasteiger partial charge on any atom is 0.416 e. The van der Waals surface area contributed by atoms with Crippen molar-refractivity contribution in [2.45, 2.75) is 64.0 Å². The van der Waals surface area contributed by atoms with Crippen molar-refractivity contribution in [2.24, 2.45) is 0 Å². The van der Waals surface area contributed by atoms with Crippen LogP contribution in [0, 0.1) is 5.82 Å². The van der Waals surface area contributed by atoms with E-state index in [1.54, 1.807) is 20.8 Å². The van der Waals surface area contributed by atoms with Crippen LogP contribution in [0.15, 0.2) is 36.5 Å². The second-order valence-corrected chi connectivity index (χ2v) is 10.5. The third kappa shape index (κ3) is 8.97. The van der Waals surface area contributed by atoms with E-state index in [-0.39, 0.29) is 36.0 Å². The van der Waals surface area contributed by atoms with Gasteiger partial charge in [0.2, 0.25) is 5.91 Å². The number of carbonyl (C=O) groups excluding carboxylic acids is 3. The summed E-state index contributed by atoms with van der Waals surface area (Å²) >= 11 is 5.63. The lowest BCUT2D eigenvalue weighted by molar-refractivity contribution is -0.137. The van der Waals surface area contributed by atoms with Gasteiger partial charge in [0.05, 0.1) is 22.8 Å². The molecule has 2 heterocycles. The predicted octanol–water partition coefficient (Wildman–Crippen LogP) is 4.47. The maximum atomic E-state index is 13.6. The highest BCUT2D eigenvalue weighted by molar-refractivity contribution is 6.30. The van der Waals surface area contributed by atoms with Gasteiger partial charge in [-0.05, 0) is 57.9 Å². The maximum absolute atomic E-state index is 13.6. The van der Waals surface area contributed by atoms with Crippen LogP contribution in [0.1, 0.15) is 44.9 Å². The SMILES string of the molecule is CC(C)(C)OC(=O)N1CC(NC(=O)COc2ccc(Cl)c(F)c2)CC[C@H]1C(=O)NCc1cc(C(F)(F)F)ccn1. The van der Waals surface area contributed by atoms with Crippen molar-refractivity contribution < 1.29 is 41.4 Å². The summed E-state index contributed by atoms with van der Waals surface area (Å²) in [5.74, 6) is -1.75. The van der Waals surface area contributed by atoms with Crippen LogP contribution < -0.4 is 15.4 Å². The molecule has 14 heteroatoms. The number of aromatic nitrogens is 1. The Morgan fingerprint density at radius 2 is 1.85 bits per heavy atom. The third-order valence-corrected chi connectivity index (χ3v) is 6.03. The van der Waals surface area contributed by atoms with Gasteiger partial charge < -0.3 is 20.1 Å². The van der Waals surface area contributed by atoms with E-state index in [1.165, 1.54) is 17.0 Å². The molecule has 1 aromatic carbocycles. The van der Waals surface area contributed by atoms with Crippen molar-refractivity contribution in [3.05, 3.63) is 58.6 Å². The molecule has 1 saturated heterocycles. The zero-order chi connectivity index (χ0) is 29.7. The van der Waals surface area contributed by atoms with E-state index in [0.29, 0.717) is 6.42 Å². The lowest BCUT2D eigenvalue weighted by Crippen LogP contribution is -2.59. The summed E-state index contributed by atoms with van der Waals surface area (Å²) in [5, 5.41) is 5.16. The first-order valence-corrected chi connectivity index (χ1v) is 12.7. The lowest BCUT2D eigenvalue weighted by atomic mass is 9.97. The number of amides is 3. The van der Waals surface area contributed by atoms with Crippen LogP contribution >= 0.6 is 11.6 Å². The van der Waals surface area contributed by atoms with E-state index in [2.05, 4.69) is 15.6 Å². The van der Waals surface area contributed by atoms with Crippen LogP contribution in [0.5, 0.6) is 5.75 Å². The molecule has 0 spiro atoms. The minimum atomic E-state index is -4.56. The van der Waals surface area contributed by atoms with E-state index < -0.39 is 59.8 Å². The molecule has 1 aliphatic heterocycles. The first-order valence-electron chi connectivity index (χ1n) is 12.3. The molecule has 3 rings (SSSR count). The molecular weight excluding hydrogens is 560 g/mol. The molecule has 0 aliphatic carbocycles. The highest BCUT2D eigenvalue weighted by atomic mass is 35.5. The van der Waals surface area contributed by atoms with Crippen molar-refractivity contribution in [1.29, 1.82) is 0 Å². The molecule has 1 fully saturated rings. The van der Waals surface area contributed by atoms with Gasteiger partial charge in [0.15, 0.2) is 6.61 Å². The third-order valence-electron chi connectivity index (χ3n) is 5.73. The van der Waals surface area contributed by atoms with Gasteiger partial charge in [-0.1, -0.05) is 11.6 Å². The van der Waals surface area contributed by atoms with Gasteiger partial charge in [0.25, 0.3) is 5.91 Å². The molecule has 1 aliphatic rings. The molecule has 1 aromatic heterocycles. The van der Waals surface area contributed by atoms with Gasteiger partial charge in [-0.15, -0.1) is 0 Å². The predicted molar refractivity (Wildman–Crippen MR) is 136 cm³/mol. The summed E-state index contributed by atoms with van der Waals surface area (Å²) in [5.41, 5.74) is -1.78. The zero-order valence-corrected chi connectivity index (χ0v) is 22.7. The smallest absolute Gasteiger partial charge is 0.416 e. The van der Waals surface area contributed by atoms with E-state index in [0.717, 1.165) is 24.4 Å². The Morgan fingerprint density at radius 3 is 2.50 bits per heavy atom. The minimum absolute atomic E-state index is 0.00601. The molecule has 0 bridgehead atoms. The molecule has 0 radical (unpaired) electrons. The number of ether oxygens (including phenoxy) is 2. The van der Waals surface area contributed by atoms with Crippen LogP contribution in [0.2, 0.25) is 5.02 Å². The Labute approximate surface area is 233 Å². The Balaban J connectivity index is 1.63. The van der Waals surface area contributed by atoms with E-state index in [1.807, 2.05) is 0 Å². The molecule has 2 N–H and O–H groups in total. The van der Waals surface area contributed by atoms with Crippen LogP contribution in [0.25, 0.3) is 0 Å². The van der Waals surface area contributed by atoms with Gasteiger partial charge >= 0.3 is 12.3 Å². The summed E-state index contributed by atoms with van der Waals surface area (Å²) in [4.78, 5) is 43.5. The largest absolute Gasteiger partial charge is 0.484 e. The fourth-order valence-electron chi connectivity index (χ4n) is 3.92. The number of nitrogens with one attached hydrogen (secondary N) is 2. The van der Waals surface area contributed by atoms with Crippen LogP contribution in [0.3, 0.4) is 0 Å². The average molecular weight is 589 g/mol. The fraction of sp³-hybridized carbons (Fsp3) is 0.462. The average Bonchev–Trinajstić information content (AvgIpc) is 2.86. The number of pyridine rings is 1. The molecule has 9 nitrogen and oxygen atoms in total. The molecule has 40 heavy (non-hydrogen) atoms. The summed E-state index contributed by atoms with van der Waals surface area (Å²) in [6.07, 6.45) is -3.92. The monoisotopic (exact) mass is 588 g/mol. The first kappa shape index (κ1) is 30.9. The number of alkyl halides is 3. The number of nitrogens with zero attached hydrogens (tertiary/aromatic N) is 2. The first-order chi connectivity index (χ1) is 18.6. The highest BCUT2D eigenvalue weighted by Gasteiger charge is 2.39.